The third kappa shape index (κ3) is 2.93. The molecule has 1 aliphatic heterocycles. The number of benzene rings is 1. The van der Waals surface area contributed by atoms with E-state index in [1.54, 1.807) is 6.07 Å². The van der Waals surface area contributed by atoms with Crippen molar-refractivity contribution in [2.24, 2.45) is 5.92 Å². The Balaban J connectivity index is 2.08. The maximum Gasteiger partial charge on any atom is 0.101 e. The van der Waals surface area contributed by atoms with Gasteiger partial charge in [0.2, 0.25) is 0 Å². The van der Waals surface area contributed by atoms with E-state index in [1.807, 2.05) is 19.2 Å². The normalized spacial score (nSPS) is 16.2. The Hall–Kier alpha value is -1.73. The summed E-state index contributed by atoms with van der Waals surface area (Å²) in [5, 5.41) is 9.15. The van der Waals surface area contributed by atoms with Crippen molar-refractivity contribution in [3.63, 3.8) is 0 Å². The fraction of sp³-hybridized carbons (Fsp3) is 0.500. The van der Waals surface area contributed by atoms with Crippen LogP contribution in [0.15, 0.2) is 18.2 Å². The molecule has 4 heteroatoms. The van der Waals surface area contributed by atoms with Crippen LogP contribution >= 0.6 is 0 Å². The summed E-state index contributed by atoms with van der Waals surface area (Å²) in [6.07, 6.45) is 2.20. The monoisotopic (exact) mass is 245 g/mol. The Bertz CT molecular complexity index is 447. The fourth-order valence-corrected chi connectivity index (χ4v) is 2.39. The van der Waals surface area contributed by atoms with Crippen molar-refractivity contribution >= 4 is 11.4 Å². The molecule has 0 radical (unpaired) electrons. The first-order chi connectivity index (χ1) is 8.70. The molecule has 1 heterocycles. The van der Waals surface area contributed by atoms with Gasteiger partial charge in [-0.05, 0) is 37.0 Å². The Labute approximate surface area is 108 Å². The Morgan fingerprint density at radius 1 is 1.44 bits per heavy atom. The van der Waals surface area contributed by atoms with Crippen LogP contribution < -0.4 is 10.6 Å². The van der Waals surface area contributed by atoms with Gasteiger partial charge in [0.1, 0.15) is 6.07 Å². The second-order valence-corrected chi connectivity index (χ2v) is 4.82. The summed E-state index contributed by atoms with van der Waals surface area (Å²) >= 11 is 0. The summed E-state index contributed by atoms with van der Waals surface area (Å²) in [6.45, 7) is 2.67. The quantitative estimate of drug-likeness (QED) is 0.827. The van der Waals surface area contributed by atoms with E-state index in [0.29, 0.717) is 17.2 Å². The van der Waals surface area contributed by atoms with Gasteiger partial charge >= 0.3 is 0 Å². The maximum atomic E-state index is 9.15. The van der Waals surface area contributed by atoms with Crippen LogP contribution in [-0.2, 0) is 4.74 Å². The molecule has 0 aliphatic carbocycles. The Morgan fingerprint density at radius 2 is 2.17 bits per heavy atom. The number of anilines is 2. The zero-order valence-corrected chi connectivity index (χ0v) is 10.7. The van der Waals surface area contributed by atoms with E-state index in [2.05, 4.69) is 11.0 Å². The lowest BCUT2D eigenvalue weighted by atomic mass is 9.99. The largest absolute Gasteiger partial charge is 0.399 e. The molecule has 1 aromatic rings. The highest BCUT2D eigenvalue weighted by Crippen LogP contribution is 2.24. The van der Waals surface area contributed by atoms with E-state index < -0.39 is 0 Å². The SMILES string of the molecule is CN(CC1CCOCC1)c1ccc(N)cc1C#N. The van der Waals surface area contributed by atoms with Crippen LogP contribution in [-0.4, -0.2) is 26.8 Å². The molecule has 18 heavy (non-hydrogen) atoms. The number of hydrogen-bond donors (Lipinski definition) is 1. The molecule has 1 saturated heterocycles. The number of nitrogens with zero attached hydrogens (tertiary/aromatic N) is 2. The average Bonchev–Trinajstić information content (AvgIpc) is 2.39. The second kappa shape index (κ2) is 5.74. The average molecular weight is 245 g/mol. The topological polar surface area (TPSA) is 62.3 Å². The molecule has 4 nitrogen and oxygen atoms in total. The van der Waals surface area contributed by atoms with Gasteiger partial charge in [0.05, 0.1) is 11.3 Å². The van der Waals surface area contributed by atoms with Crippen molar-refractivity contribution in [3.05, 3.63) is 23.8 Å². The van der Waals surface area contributed by atoms with Crippen LogP contribution in [0.1, 0.15) is 18.4 Å². The summed E-state index contributed by atoms with van der Waals surface area (Å²) in [4.78, 5) is 2.15. The molecule has 0 aromatic heterocycles. The van der Waals surface area contributed by atoms with Crippen molar-refractivity contribution in [1.82, 2.24) is 0 Å². The van der Waals surface area contributed by atoms with E-state index >= 15 is 0 Å². The number of rotatable bonds is 3. The lowest BCUT2D eigenvalue weighted by Gasteiger charge is -2.29. The minimum Gasteiger partial charge on any atom is -0.399 e. The number of hydrogen-bond acceptors (Lipinski definition) is 4. The van der Waals surface area contributed by atoms with Gasteiger partial charge in [-0.3, -0.25) is 0 Å². The molecule has 0 atom stereocenters. The van der Waals surface area contributed by atoms with Gasteiger partial charge in [-0.2, -0.15) is 5.26 Å². The zero-order chi connectivity index (χ0) is 13.0. The fourth-order valence-electron chi connectivity index (χ4n) is 2.39. The lowest BCUT2D eigenvalue weighted by Crippen LogP contribution is -2.30. The molecule has 2 rings (SSSR count). The molecular weight excluding hydrogens is 226 g/mol. The minimum absolute atomic E-state index is 0.634. The van der Waals surface area contributed by atoms with Gasteiger partial charge in [0.15, 0.2) is 0 Å². The van der Waals surface area contributed by atoms with Gasteiger partial charge < -0.3 is 15.4 Å². The molecule has 0 unspecified atom stereocenters. The predicted molar refractivity (Wildman–Crippen MR) is 72.4 cm³/mol. The van der Waals surface area contributed by atoms with Crippen molar-refractivity contribution < 1.29 is 4.74 Å². The molecule has 0 saturated carbocycles. The second-order valence-electron chi connectivity index (χ2n) is 4.82. The first-order valence-electron chi connectivity index (χ1n) is 6.29. The minimum atomic E-state index is 0.634. The van der Waals surface area contributed by atoms with Crippen LogP contribution in [0.2, 0.25) is 0 Å². The number of nitrogen functional groups attached to an aromatic ring is 1. The summed E-state index contributed by atoms with van der Waals surface area (Å²) in [7, 11) is 2.03. The molecule has 2 N–H and O–H groups in total. The molecular formula is C14H19N3O. The van der Waals surface area contributed by atoms with Crippen molar-refractivity contribution in [3.8, 4) is 6.07 Å². The van der Waals surface area contributed by atoms with Crippen molar-refractivity contribution in [1.29, 1.82) is 5.26 Å². The smallest absolute Gasteiger partial charge is 0.101 e. The van der Waals surface area contributed by atoms with E-state index in [9.17, 15) is 0 Å². The molecule has 96 valence electrons. The van der Waals surface area contributed by atoms with Crippen molar-refractivity contribution in [2.45, 2.75) is 12.8 Å². The molecule has 1 fully saturated rings. The van der Waals surface area contributed by atoms with E-state index in [0.717, 1.165) is 38.3 Å². The summed E-state index contributed by atoms with van der Waals surface area (Å²) in [6, 6.07) is 7.71. The number of nitriles is 1. The summed E-state index contributed by atoms with van der Waals surface area (Å²) in [5.74, 6) is 0.646. The summed E-state index contributed by atoms with van der Waals surface area (Å²) < 4.78 is 5.36. The van der Waals surface area contributed by atoms with E-state index in [1.165, 1.54) is 0 Å². The number of ether oxygens (including phenoxy) is 1. The third-order valence-electron chi connectivity index (χ3n) is 3.43. The molecule has 0 spiro atoms. The summed E-state index contributed by atoms with van der Waals surface area (Å²) in [5.41, 5.74) is 7.94. The van der Waals surface area contributed by atoms with Gasteiger partial charge in [0, 0.05) is 32.5 Å². The Morgan fingerprint density at radius 3 is 2.83 bits per heavy atom. The molecule has 0 bridgehead atoms. The molecule has 1 aromatic carbocycles. The van der Waals surface area contributed by atoms with Crippen LogP contribution in [0.4, 0.5) is 11.4 Å². The van der Waals surface area contributed by atoms with Crippen LogP contribution in [0.3, 0.4) is 0 Å². The van der Waals surface area contributed by atoms with Gasteiger partial charge in [-0.1, -0.05) is 0 Å². The standard InChI is InChI=1S/C14H19N3O/c1-17(10-11-4-6-18-7-5-11)14-3-2-13(16)8-12(14)9-15/h2-3,8,11H,4-7,10,16H2,1H3. The maximum absolute atomic E-state index is 9.15. The van der Waals surface area contributed by atoms with E-state index in [-0.39, 0.29) is 0 Å². The van der Waals surface area contributed by atoms with E-state index in [4.69, 9.17) is 15.7 Å². The number of nitrogens with two attached hydrogens (primary N) is 1. The van der Waals surface area contributed by atoms with Gasteiger partial charge in [-0.15, -0.1) is 0 Å². The van der Waals surface area contributed by atoms with Gasteiger partial charge in [0.25, 0.3) is 0 Å². The molecule has 1 aliphatic rings. The first kappa shape index (κ1) is 12.7. The highest BCUT2D eigenvalue weighted by atomic mass is 16.5. The van der Waals surface area contributed by atoms with Crippen LogP contribution in [0, 0.1) is 17.2 Å². The van der Waals surface area contributed by atoms with Crippen molar-refractivity contribution in [2.75, 3.05) is 37.4 Å². The Kier molecular flexibility index (Phi) is 4.06. The van der Waals surface area contributed by atoms with Crippen LogP contribution in [0.25, 0.3) is 0 Å². The highest BCUT2D eigenvalue weighted by Gasteiger charge is 2.17. The first-order valence-corrected chi connectivity index (χ1v) is 6.29. The zero-order valence-electron chi connectivity index (χ0n) is 10.7. The molecule has 0 amide bonds. The predicted octanol–water partition coefficient (Wildman–Crippen LogP) is 2.00. The third-order valence-corrected chi connectivity index (χ3v) is 3.43. The highest BCUT2D eigenvalue weighted by molar-refractivity contribution is 5.64. The van der Waals surface area contributed by atoms with Crippen LogP contribution in [0.5, 0.6) is 0 Å². The lowest BCUT2D eigenvalue weighted by molar-refractivity contribution is 0.0685. The van der Waals surface area contributed by atoms with Gasteiger partial charge in [-0.25, -0.2) is 0 Å².